The Morgan fingerprint density at radius 1 is 1.04 bits per heavy atom. The maximum absolute atomic E-state index is 12.8. The zero-order valence-electron chi connectivity index (χ0n) is 13.6. The number of nitrogens with one attached hydrogen (secondary N) is 1. The molecule has 2 aromatic carbocycles. The van der Waals surface area contributed by atoms with Gasteiger partial charge in [-0.3, -0.25) is 0 Å². The Balaban J connectivity index is 1.91. The zero-order chi connectivity index (χ0) is 16.7. The molecule has 1 N–H and O–H groups in total. The Labute approximate surface area is 137 Å². The first-order chi connectivity index (χ1) is 10.9. The summed E-state index contributed by atoms with van der Waals surface area (Å²) in [5.41, 5.74) is 2.19. The van der Waals surface area contributed by atoms with Crippen molar-refractivity contribution in [2.75, 3.05) is 7.11 Å². The van der Waals surface area contributed by atoms with Gasteiger partial charge in [-0.2, -0.15) is 0 Å². The van der Waals surface area contributed by atoms with E-state index in [0.29, 0.717) is 4.90 Å². The maximum Gasteiger partial charge on any atom is 0.241 e. The number of methoxy groups -OCH3 is 1. The summed E-state index contributed by atoms with van der Waals surface area (Å²) in [6, 6.07) is 13.1. The highest BCUT2D eigenvalue weighted by molar-refractivity contribution is 7.89. The average molecular weight is 331 g/mol. The second-order valence-electron chi connectivity index (χ2n) is 6.19. The van der Waals surface area contributed by atoms with Crippen LogP contribution in [-0.4, -0.2) is 15.5 Å². The summed E-state index contributed by atoms with van der Waals surface area (Å²) in [6.45, 7) is 3.72. The Kier molecular flexibility index (Phi) is 3.94. The summed E-state index contributed by atoms with van der Waals surface area (Å²) >= 11 is 0. The monoisotopic (exact) mass is 331 g/mol. The van der Waals surface area contributed by atoms with Crippen LogP contribution in [0.1, 0.15) is 29.5 Å². The quantitative estimate of drug-likeness (QED) is 0.915. The predicted octanol–water partition coefficient (Wildman–Crippen LogP) is 3.28. The van der Waals surface area contributed by atoms with Gasteiger partial charge < -0.3 is 4.74 Å². The van der Waals surface area contributed by atoms with Gasteiger partial charge >= 0.3 is 0 Å². The molecule has 0 saturated heterocycles. The molecule has 0 heterocycles. The highest BCUT2D eigenvalue weighted by atomic mass is 32.2. The first-order valence-corrected chi connectivity index (χ1v) is 9.10. The van der Waals surface area contributed by atoms with Gasteiger partial charge in [0.05, 0.1) is 17.5 Å². The molecule has 0 atom stereocenters. The molecule has 3 rings (SSSR count). The highest BCUT2D eigenvalue weighted by Gasteiger charge is 2.47. The van der Waals surface area contributed by atoms with Crippen molar-refractivity contribution in [1.29, 1.82) is 0 Å². The van der Waals surface area contributed by atoms with E-state index in [4.69, 9.17) is 4.74 Å². The molecular weight excluding hydrogens is 310 g/mol. The lowest BCUT2D eigenvalue weighted by Crippen LogP contribution is -2.35. The van der Waals surface area contributed by atoms with Crippen LogP contribution in [0, 0.1) is 13.8 Å². The van der Waals surface area contributed by atoms with Crippen molar-refractivity contribution in [3.05, 3.63) is 59.2 Å². The van der Waals surface area contributed by atoms with Gasteiger partial charge in [0.15, 0.2) is 0 Å². The molecule has 0 unspecified atom stereocenters. The van der Waals surface area contributed by atoms with Crippen LogP contribution in [0.15, 0.2) is 47.4 Å². The minimum Gasteiger partial charge on any atom is -0.497 e. The summed E-state index contributed by atoms with van der Waals surface area (Å²) in [7, 11) is -1.94. The minimum absolute atomic E-state index is 0.359. The second kappa shape index (κ2) is 5.65. The molecular formula is C18H21NO3S. The summed E-state index contributed by atoms with van der Waals surface area (Å²) in [5.74, 6) is 0.766. The smallest absolute Gasteiger partial charge is 0.241 e. The fourth-order valence-electron chi connectivity index (χ4n) is 2.79. The SMILES string of the molecule is COc1ccc(C2(NS(=O)(=O)c3cc(C)ccc3C)CC2)cc1. The van der Waals surface area contributed by atoms with E-state index in [1.54, 1.807) is 13.2 Å². The van der Waals surface area contributed by atoms with Crippen molar-refractivity contribution < 1.29 is 13.2 Å². The van der Waals surface area contributed by atoms with Crippen LogP contribution >= 0.6 is 0 Å². The number of aryl methyl sites for hydroxylation is 2. The van der Waals surface area contributed by atoms with Crippen LogP contribution in [-0.2, 0) is 15.6 Å². The minimum atomic E-state index is -3.55. The normalized spacial score (nSPS) is 16.1. The molecule has 1 fully saturated rings. The van der Waals surface area contributed by atoms with Gasteiger partial charge in [0.1, 0.15) is 5.75 Å². The lowest BCUT2D eigenvalue weighted by molar-refractivity contribution is 0.414. The topological polar surface area (TPSA) is 55.4 Å². The number of rotatable bonds is 5. The van der Waals surface area contributed by atoms with E-state index in [1.807, 2.05) is 50.2 Å². The molecule has 1 saturated carbocycles. The molecule has 0 amide bonds. The molecule has 0 bridgehead atoms. The number of sulfonamides is 1. The maximum atomic E-state index is 12.8. The largest absolute Gasteiger partial charge is 0.497 e. The number of hydrogen-bond acceptors (Lipinski definition) is 3. The summed E-state index contributed by atoms with van der Waals surface area (Å²) in [4.78, 5) is 0.359. The van der Waals surface area contributed by atoms with Crippen LogP contribution in [0.4, 0.5) is 0 Å². The summed E-state index contributed by atoms with van der Waals surface area (Å²) in [5, 5.41) is 0. The van der Waals surface area contributed by atoms with Crippen molar-refractivity contribution in [2.24, 2.45) is 0 Å². The number of ether oxygens (including phenoxy) is 1. The summed E-state index contributed by atoms with van der Waals surface area (Å²) in [6.07, 6.45) is 1.62. The fourth-order valence-corrected chi connectivity index (χ4v) is 4.57. The molecule has 1 aliphatic rings. The van der Waals surface area contributed by atoms with E-state index in [9.17, 15) is 8.42 Å². The lowest BCUT2D eigenvalue weighted by Gasteiger charge is -2.19. The van der Waals surface area contributed by atoms with Gasteiger partial charge in [-0.05, 0) is 61.6 Å². The van der Waals surface area contributed by atoms with E-state index < -0.39 is 15.6 Å². The van der Waals surface area contributed by atoms with Crippen LogP contribution in [0.3, 0.4) is 0 Å². The van der Waals surface area contributed by atoms with Crippen LogP contribution in [0.5, 0.6) is 5.75 Å². The average Bonchev–Trinajstić information content (AvgIpc) is 3.29. The highest BCUT2D eigenvalue weighted by Crippen LogP contribution is 2.47. The third-order valence-corrected chi connectivity index (χ3v) is 6.03. The van der Waals surface area contributed by atoms with E-state index in [-0.39, 0.29) is 0 Å². The molecule has 0 aliphatic heterocycles. The Bertz CT molecular complexity index is 822. The molecule has 1 aliphatic carbocycles. The van der Waals surface area contributed by atoms with E-state index in [1.165, 1.54) is 0 Å². The second-order valence-corrected chi connectivity index (χ2v) is 7.84. The van der Waals surface area contributed by atoms with Crippen LogP contribution in [0.2, 0.25) is 0 Å². The lowest BCUT2D eigenvalue weighted by atomic mass is 10.1. The molecule has 122 valence electrons. The third-order valence-electron chi connectivity index (χ3n) is 4.36. The van der Waals surface area contributed by atoms with E-state index in [2.05, 4.69) is 4.72 Å². The van der Waals surface area contributed by atoms with Crippen LogP contribution in [0.25, 0.3) is 0 Å². The third kappa shape index (κ3) is 3.12. The first-order valence-electron chi connectivity index (χ1n) is 7.62. The van der Waals surface area contributed by atoms with Gasteiger partial charge in [-0.1, -0.05) is 24.3 Å². The molecule has 2 aromatic rings. The summed E-state index contributed by atoms with van der Waals surface area (Å²) < 4.78 is 33.7. The van der Waals surface area contributed by atoms with Gasteiger partial charge in [0.2, 0.25) is 10.0 Å². The number of hydrogen-bond donors (Lipinski definition) is 1. The molecule has 0 spiro atoms. The van der Waals surface area contributed by atoms with Gasteiger partial charge in [0.25, 0.3) is 0 Å². The van der Waals surface area contributed by atoms with Gasteiger partial charge in [-0.25, -0.2) is 13.1 Å². The molecule has 23 heavy (non-hydrogen) atoms. The van der Waals surface area contributed by atoms with Crippen molar-refractivity contribution in [3.63, 3.8) is 0 Å². The van der Waals surface area contributed by atoms with Gasteiger partial charge in [-0.15, -0.1) is 0 Å². The molecule has 0 radical (unpaired) electrons. The Hall–Kier alpha value is -1.85. The van der Waals surface area contributed by atoms with E-state index >= 15 is 0 Å². The molecule has 5 heteroatoms. The predicted molar refractivity (Wildman–Crippen MR) is 90.1 cm³/mol. The van der Waals surface area contributed by atoms with Crippen molar-refractivity contribution in [2.45, 2.75) is 37.1 Å². The zero-order valence-corrected chi connectivity index (χ0v) is 14.4. The number of benzene rings is 2. The molecule has 0 aromatic heterocycles. The fraction of sp³-hybridized carbons (Fsp3) is 0.333. The Morgan fingerprint density at radius 2 is 1.70 bits per heavy atom. The van der Waals surface area contributed by atoms with Crippen LogP contribution < -0.4 is 9.46 Å². The standard InChI is InChI=1S/C18H21NO3S/c1-13-4-5-14(2)17(12-13)23(20,21)19-18(10-11-18)15-6-8-16(22-3)9-7-15/h4-9,12,19H,10-11H2,1-3H3. The first kappa shape index (κ1) is 16.0. The Morgan fingerprint density at radius 3 is 2.26 bits per heavy atom. The van der Waals surface area contributed by atoms with Crippen molar-refractivity contribution >= 4 is 10.0 Å². The van der Waals surface area contributed by atoms with Crippen molar-refractivity contribution in [3.8, 4) is 5.75 Å². The van der Waals surface area contributed by atoms with E-state index in [0.717, 1.165) is 35.3 Å². The van der Waals surface area contributed by atoms with Gasteiger partial charge in [0, 0.05) is 0 Å². The van der Waals surface area contributed by atoms with Crippen molar-refractivity contribution in [1.82, 2.24) is 4.72 Å². The molecule has 4 nitrogen and oxygen atoms in total.